The van der Waals surface area contributed by atoms with E-state index in [-0.39, 0.29) is 37.8 Å². The Bertz CT molecular complexity index is 1390. The summed E-state index contributed by atoms with van der Waals surface area (Å²) in [4.78, 5) is 15.3. The highest BCUT2D eigenvalue weighted by Gasteiger charge is 2.29. The summed E-state index contributed by atoms with van der Waals surface area (Å²) in [6, 6.07) is 13.7. The molecule has 1 saturated heterocycles. The minimum atomic E-state index is -3.54. The molecule has 1 aliphatic rings. The molecule has 3 aromatic rings. The second-order valence-electron chi connectivity index (χ2n) is 8.72. The maximum Gasteiger partial charge on any atom is 0.316 e. The van der Waals surface area contributed by atoms with E-state index in [1.165, 1.54) is 8.99 Å². The number of hydrogen-bond donors (Lipinski definition) is 1. The van der Waals surface area contributed by atoms with Crippen molar-refractivity contribution in [2.75, 3.05) is 50.9 Å². The second kappa shape index (κ2) is 12.7. The van der Waals surface area contributed by atoms with E-state index in [2.05, 4.69) is 5.10 Å². The van der Waals surface area contributed by atoms with E-state index >= 15 is 0 Å². The van der Waals surface area contributed by atoms with Crippen molar-refractivity contribution in [3.05, 3.63) is 81.2 Å². The number of benzene rings is 2. The number of aliphatic hydroxyl groups excluding tert-OH is 1. The number of ether oxygens (including phenoxy) is 2. The number of rotatable bonds is 11. The van der Waals surface area contributed by atoms with Gasteiger partial charge in [0.1, 0.15) is 12.3 Å². The molecule has 1 N–H and O–H groups in total. The molecule has 204 valence electrons. The zero-order chi connectivity index (χ0) is 27.1. The second-order valence-corrected chi connectivity index (χ2v) is 11.1. The SMILES string of the molecule is CCOCCOc1c(N2CCN(S(=O)(=O)Cc3ccc(CO)cc3)CC2)cnn(-c2cccc(Cl)c2)c1=O. The summed E-state index contributed by atoms with van der Waals surface area (Å²) >= 11 is 6.11. The molecule has 1 aliphatic heterocycles. The molecule has 1 fully saturated rings. The molecular formula is C26H31ClN4O6S. The average Bonchev–Trinajstić information content (AvgIpc) is 2.92. The molecule has 0 atom stereocenters. The van der Waals surface area contributed by atoms with Gasteiger partial charge in [0.2, 0.25) is 15.8 Å². The Kier molecular flexibility index (Phi) is 9.40. The molecule has 0 saturated carbocycles. The Morgan fingerprint density at radius 2 is 1.74 bits per heavy atom. The van der Waals surface area contributed by atoms with Crippen LogP contribution < -0.4 is 15.2 Å². The zero-order valence-electron chi connectivity index (χ0n) is 21.1. The van der Waals surface area contributed by atoms with Crippen LogP contribution in [-0.2, 0) is 27.1 Å². The highest BCUT2D eigenvalue weighted by atomic mass is 35.5. The van der Waals surface area contributed by atoms with Crippen molar-refractivity contribution in [1.82, 2.24) is 14.1 Å². The molecule has 2 aromatic carbocycles. The summed E-state index contributed by atoms with van der Waals surface area (Å²) in [6.45, 7) is 4.06. The van der Waals surface area contributed by atoms with Crippen molar-refractivity contribution in [3.63, 3.8) is 0 Å². The standard InChI is InChI=1S/C26H31ClN4O6S/c1-2-36-14-15-37-25-24(17-28-31(26(25)33)23-5-3-4-22(27)16-23)29-10-12-30(13-11-29)38(34,35)19-21-8-6-20(18-32)7-9-21/h3-9,16-17,32H,2,10-15,18-19H2,1H3. The van der Waals surface area contributed by atoms with E-state index in [1.807, 2.05) is 11.8 Å². The van der Waals surface area contributed by atoms with Crippen molar-refractivity contribution >= 4 is 27.3 Å². The minimum absolute atomic E-state index is 0.0924. The van der Waals surface area contributed by atoms with Gasteiger partial charge < -0.3 is 19.5 Å². The summed E-state index contributed by atoms with van der Waals surface area (Å²) < 4.78 is 40.0. The lowest BCUT2D eigenvalue weighted by Crippen LogP contribution is -2.49. The fraction of sp³-hybridized carbons (Fsp3) is 0.385. The van der Waals surface area contributed by atoms with E-state index in [0.717, 1.165) is 5.56 Å². The van der Waals surface area contributed by atoms with Gasteiger partial charge in [-0.25, -0.2) is 8.42 Å². The van der Waals surface area contributed by atoms with Gasteiger partial charge in [0, 0.05) is 37.8 Å². The molecule has 0 bridgehead atoms. The molecule has 10 nitrogen and oxygen atoms in total. The summed E-state index contributed by atoms with van der Waals surface area (Å²) in [5, 5.41) is 14.0. The molecule has 0 radical (unpaired) electrons. The highest BCUT2D eigenvalue weighted by Crippen LogP contribution is 2.27. The third-order valence-electron chi connectivity index (χ3n) is 6.17. The molecule has 12 heteroatoms. The molecule has 38 heavy (non-hydrogen) atoms. The van der Waals surface area contributed by atoms with Crippen LogP contribution in [-0.4, -0.2) is 73.6 Å². The summed E-state index contributed by atoms with van der Waals surface area (Å²) in [5.74, 6) is 0.00168. The Hall–Kier alpha value is -2.96. The molecule has 2 heterocycles. The van der Waals surface area contributed by atoms with Gasteiger partial charge >= 0.3 is 5.56 Å². The van der Waals surface area contributed by atoms with E-state index < -0.39 is 15.6 Å². The number of hydrogen-bond acceptors (Lipinski definition) is 8. The normalized spacial score (nSPS) is 14.6. The van der Waals surface area contributed by atoms with Crippen LogP contribution in [0.1, 0.15) is 18.1 Å². The first kappa shape index (κ1) is 28.1. The molecule has 0 spiro atoms. The lowest BCUT2D eigenvalue weighted by atomic mass is 10.2. The van der Waals surface area contributed by atoms with Gasteiger partial charge in [0.05, 0.1) is 30.9 Å². The fourth-order valence-corrected chi connectivity index (χ4v) is 5.88. The molecular weight excluding hydrogens is 532 g/mol. The number of anilines is 1. The topological polar surface area (TPSA) is 114 Å². The van der Waals surface area contributed by atoms with Gasteiger partial charge in [-0.05, 0) is 36.2 Å². The lowest BCUT2D eigenvalue weighted by molar-refractivity contribution is 0.109. The first-order valence-electron chi connectivity index (χ1n) is 12.3. The monoisotopic (exact) mass is 562 g/mol. The van der Waals surface area contributed by atoms with Crippen LogP contribution in [0.2, 0.25) is 5.02 Å². The van der Waals surface area contributed by atoms with Gasteiger partial charge in [-0.3, -0.25) is 4.79 Å². The van der Waals surface area contributed by atoms with Crippen LogP contribution >= 0.6 is 11.6 Å². The minimum Gasteiger partial charge on any atom is -0.484 e. The number of aliphatic hydroxyl groups is 1. The highest BCUT2D eigenvalue weighted by molar-refractivity contribution is 7.88. The Morgan fingerprint density at radius 3 is 2.39 bits per heavy atom. The molecule has 1 aromatic heterocycles. The number of nitrogens with zero attached hydrogens (tertiary/aromatic N) is 4. The number of sulfonamides is 1. The maximum absolute atomic E-state index is 13.4. The summed E-state index contributed by atoms with van der Waals surface area (Å²) in [5.41, 5.74) is 1.95. The third-order valence-corrected chi connectivity index (χ3v) is 8.26. The van der Waals surface area contributed by atoms with Crippen molar-refractivity contribution in [2.24, 2.45) is 0 Å². The smallest absolute Gasteiger partial charge is 0.316 e. The van der Waals surface area contributed by atoms with Gasteiger partial charge in [0.25, 0.3) is 0 Å². The van der Waals surface area contributed by atoms with Crippen LogP contribution in [0, 0.1) is 0 Å². The largest absolute Gasteiger partial charge is 0.484 e. The van der Waals surface area contributed by atoms with Crippen LogP contribution in [0.5, 0.6) is 5.75 Å². The maximum atomic E-state index is 13.4. The van der Waals surface area contributed by atoms with Crippen molar-refractivity contribution in [1.29, 1.82) is 0 Å². The average molecular weight is 563 g/mol. The fourth-order valence-electron chi connectivity index (χ4n) is 4.18. The van der Waals surface area contributed by atoms with E-state index in [4.69, 9.17) is 21.1 Å². The number of piperazine rings is 1. The summed E-state index contributed by atoms with van der Waals surface area (Å²) in [7, 11) is -3.54. The quantitative estimate of drug-likeness (QED) is 0.355. The third kappa shape index (κ3) is 6.72. The summed E-state index contributed by atoms with van der Waals surface area (Å²) in [6.07, 6.45) is 1.56. The van der Waals surface area contributed by atoms with Crippen LogP contribution in [0.3, 0.4) is 0 Å². The number of aromatic nitrogens is 2. The van der Waals surface area contributed by atoms with Crippen molar-refractivity contribution in [3.8, 4) is 11.4 Å². The van der Waals surface area contributed by atoms with Crippen molar-refractivity contribution in [2.45, 2.75) is 19.3 Å². The lowest BCUT2D eigenvalue weighted by Gasteiger charge is -2.35. The van der Waals surface area contributed by atoms with Gasteiger partial charge in [-0.1, -0.05) is 41.9 Å². The van der Waals surface area contributed by atoms with Gasteiger partial charge in [0.15, 0.2) is 0 Å². The van der Waals surface area contributed by atoms with Crippen LogP contribution in [0.15, 0.2) is 59.5 Å². The first-order chi connectivity index (χ1) is 18.3. The predicted octanol–water partition coefficient (Wildman–Crippen LogP) is 2.45. The Morgan fingerprint density at radius 1 is 1.03 bits per heavy atom. The van der Waals surface area contributed by atoms with Crippen molar-refractivity contribution < 1.29 is 23.0 Å². The van der Waals surface area contributed by atoms with Gasteiger partial charge in [-0.2, -0.15) is 14.1 Å². The molecule has 0 unspecified atom stereocenters. The molecule has 0 aliphatic carbocycles. The van der Waals surface area contributed by atoms with Crippen LogP contribution in [0.25, 0.3) is 5.69 Å². The number of halogens is 1. The predicted molar refractivity (Wildman–Crippen MR) is 146 cm³/mol. The zero-order valence-corrected chi connectivity index (χ0v) is 22.7. The molecule has 0 amide bonds. The van der Waals surface area contributed by atoms with E-state index in [1.54, 1.807) is 54.7 Å². The van der Waals surface area contributed by atoms with Gasteiger partial charge in [-0.15, -0.1) is 0 Å². The molecule has 4 rings (SSSR count). The van der Waals surface area contributed by atoms with E-state index in [9.17, 15) is 18.3 Å². The van der Waals surface area contributed by atoms with E-state index in [0.29, 0.717) is 48.3 Å². The Balaban J connectivity index is 1.52. The Labute approximate surface area is 227 Å². The first-order valence-corrected chi connectivity index (χ1v) is 14.3. The van der Waals surface area contributed by atoms with Crippen LogP contribution in [0.4, 0.5) is 5.69 Å².